The minimum Gasteiger partial charge on any atom is -0.497 e. The van der Waals surface area contributed by atoms with Crippen molar-refractivity contribution in [1.82, 2.24) is 10.0 Å². The molecule has 7 nitrogen and oxygen atoms in total. The Morgan fingerprint density at radius 1 is 0.912 bits per heavy atom. The first-order valence-electron chi connectivity index (χ1n) is 11.0. The molecule has 1 aliphatic heterocycles. The predicted molar refractivity (Wildman–Crippen MR) is 131 cm³/mol. The van der Waals surface area contributed by atoms with Crippen LogP contribution in [0.5, 0.6) is 5.75 Å². The number of aliphatic imine (C=N–C) groups is 1. The first-order chi connectivity index (χ1) is 16.3. The largest absolute Gasteiger partial charge is 0.497 e. The number of amides is 1. The lowest BCUT2D eigenvalue weighted by atomic mass is 9.97. The van der Waals surface area contributed by atoms with Gasteiger partial charge in [-0.2, -0.15) is 0 Å². The van der Waals surface area contributed by atoms with Gasteiger partial charge in [-0.3, -0.25) is 14.5 Å². The standard InChI is InChI=1S/C26H27N3O4S/c1-17(2)23(27-25-21-11-7-8-12-22(21)34(31,32)29-25)26(30)28-24(18-9-5-4-6-10-18)19-13-15-20(33-3)16-14-19/h4-17,23-24H,1-3H3,(H,27,29)(H,28,30). The summed E-state index contributed by atoms with van der Waals surface area (Å²) in [7, 11) is -2.09. The molecule has 1 aliphatic rings. The van der Waals surface area contributed by atoms with Crippen molar-refractivity contribution in [2.75, 3.05) is 7.11 Å². The van der Waals surface area contributed by atoms with Crippen LogP contribution in [0.1, 0.15) is 36.6 Å². The molecule has 176 valence electrons. The molecule has 2 N–H and O–H groups in total. The van der Waals surface area contributed by atoms with Crippen LogP contribution in [-0.4, -0.2) is 33.3 Å². The Balaban J connectivity index is 1.67. The quantitative estimate of drug-likeness (QED) is 0.543. The molecule has 0 radical (unpaired) electrons. The van der Waals surface area contributed by atoms with Gasteiger partial charge in [-0.15, -0.1) is 0 Å². The summed E-state index contributed by atoms with van der Waals surface area (Å²) >= 11 is 0. The van der Waals surface area contributed by atoms with Crippen LogP contribution in [0.25, 0.3) is 0 Å². The molecular weight excluding hydrogens is 450 g/mol. The minimum atomic E-state index is -3.69. The molecule has 0 bridgehead atoms. The van der Waals surface area contributed by atoms with Gasteiger partial charge in [0.05, 0.1) is 18.0 Å². The van der Waals surface area contributed by atoms with Gasteiger partial charge in [0.15, 0.2) is 0 Å². The van der Waals surface area contributed by atoms with E-state index in [0.29, 0.717) is 5.56 Å². The molecule has 0 saturated heterocycles. The van der Waals surface area contributed by atoms with E-state index in [9.17, 15) is 13.2 Å². The van der Waals surface area contributed by atoms with Crippen molar-refractivity contribution < 1.29 is 17.9 Å². The lowest BCUT2D eigenvalue weighted by Crippen LogP contribution is -2.40. The SMILES string of the molecule is COc1ccc(C(NC(=O)C(N=C2NS(=O)(=O)c3ccccc32)C(C)C)c2ccccc2)cc1. The van der Waals surface area contributed by atoms with E-state index in [4.69, 9.17) is 4.74 Å². The maximum Gasteiger partial charge on any atom is 0.263 e. The van der Waals surface area contributed by atoms with Crippen LogP contribution in [0.3, 0.4) is 0 Å². The number of benzene rings is 3. The average molecular weight is 478 g/mol. The number of hydrogen-bond donors (Lipinski definition) is 2. The van der Waals surface area contributed by atoms with Crippen LogP contribution < -0.4 is 14.8 Å². The van der Waals surface area contributed by atoms with Crippen LogP contribution in [0.15, 0.2) is 88.8 Å². The average Bonchev–Trinajstić information content (AvgIpc) is 3.11. The molecule has 8 heteroatoms. The lowest BCUT2D eigenvalue weighted by molar-refractivity contribution is -0.123. The predicted octanol–water partition coefficient (Wildman–Crippen LogP) is 3.66. The van der Waals surface area contributed by atoms with Gasteiger partial charge in [0, 0.05) is 5.56 Å². The molecule has 4 rings (SSSR count). The van der Waals surface area contributed by atoms with E-state index in [1.54, 1.807) is 25.3 Å². The summed E-state index contributed by atoms with van der Waals surface area (Å²) in [6.45, 7) is 3.77. The Morgan fingerprint density at radius 2 is 1.53 bits per heavy atom. The molecule has 1 heterocycles. The molecule has 2 atom stereocenters. The van der Waals surface area contributed by atoms with Gasteiger partial charge < -0.3 is 10.1 Å². The monoisotopic (exact) mass is 477 g/mol. The van der Waals surface area contributed by atoms with Gasteiger partial charge in [-0.05, 0) is 41.3 Å². The fraction of sp³-hybridized carbons (Fsp3) is 0.231. The van der Waals surface area contributed by atoms with Crippen LogP contribution in [0.4, 0.5) is 0 Å². The van der Waals surface area contributed by atoms with Crippen molar-refractivity contribution in [2.45, 2.75) is 30.8 Å². The van der Waals surface area contributed by atoms with Crippen LogP contribution >= 0.6 is 0 Å². The van der Waals surface area contributed by atoms with Crippen LogP contribution in [-0.2, 0) is 14.8 Å². The zero-order valence-corrected chi connectivity index (χ0v) is 20.0. The van der Waals surface area contributed by atoms with Crippen molar-refractivity contribution in [3.63, 3.8) is 0 Å². The van der Waals surface area contributed by atoms with Gasteiger partial charge in [-0.1, -0.05) is 68.4 Å². The smallest absolute Gasteiger partial charge is 0.263 e. The molecule has 0 spiro atoms. The Bertz CT molecular complexity index is 1300. The third-order valence-electron chi connectivity index (χ3n) is 5.70. The van der Waals surface area contributed by atoms with Crippen LogP contribution in [0, 0.1) is 5.92 Å². The summed E-state index contributed by atoms with van der Waals surface area (Å²) in [5.41, 5.74) is 2.28. The molecule has 3 aromatic carbocycles. The molecule has 2 unspecified atom stereocenters. The number of methoxy groups -OCH3 is 1. The minimum absolute atomic E-state index is 0.164. The highest BCUT2D eigenvalue weighted by Crippen LogP contribution is 2.26. The Kier molecular flexibility index (Phi) is 6.70. The number of hydrogen-bond acceptors (Lipinski definition) is 5. The number of sulfonamides is 1. The lowest BCUT2D eigenvalue weighted by Gasteiger charge is -2.24. The van der Waals surface area contributed by atoms with Crippen molar-refractivity contribution >= 4 is 21.8 Å². The summed E-state index contributed by atoms with van der Waals surface area (Å²) in [6.07, 6.45) is 0. The zero-order chi connectivity index (χ0) is 24.3. The summed E-state index contributed by atoms with van der Waals surface area (Å²) in [6, 6.07) is 22.6. The first-order valence-corrected chi connectivity index (χ1v) is 12.5. The second-order valence-corrected chi connectivity index (χ2v) is 10.0. The number of rotatable bonds is 7. The van der Waals surface area contributed by atoms with Crippen molar-refractivity contribution in [2.24, 2.45) is 10.9 Å². The molecule has 0 fully saturated rings. The molecule has 1 amide bonds. The number of nitrogens with one attached hydrogen (secondary N) is 2. The maximum atomic E-state index is 13.5. The van der Waals surface area contributed by atoms with Gasteiger partial charge >= 0.3 is 0 Å². The first kappa shape index (κ1) is 23.5. The third-order valence-corrected chi connectivity index (χ3v) is 7.10. The fourth-order valence-corrected chi connectivity index (χ4v) is 5.15. The second-order valence-electron chi connectivity index (χ2n) is 8.39. The van der Waals surface area contributed by atoms with E-state index < -0.39 is 22.1 Å². The van der Waals surface area contributed by atoms with Gasteiger partial charge in [0.2, 0.25) is 5.91 Å². The molecule has 3 aromatic rings. The van der Waals surface area contributed by atoms with E-state index in [0.717, 1.165) is 16.9 Å². The van der Waals surface area contributed by atoms with E-state index >= 15 is 0 Å². The molecular formula is C26H27N3O4S. The zero-order valence-electron chi connectivity index (χ0n) is 19.2. The van der Waals surface area contributed by atoms with E-state index in [1.807, 2.05) is 68.4 Å². The van der Waals surface area contributed by atoms with Crippen LogP contribution in [0.2, 0.25) is 0 Å². The highest BCUT2D eigenvalue weighted by molar-refractivity contribution is 7.90. The number of amidine groups is 1. The number of ether oxygens (including phenoxy) is 1. The van der Waals surface area contributed by atoms with Crippen molar-refractivity contribution in [1.29, 1.82) is 0 Å². The summed E-state index contributed by atoms with van der Waals surface area (Å²) in [4.78, 5) is 18.2. The number of nitrogens with zero attached hydrogens (tertiary/aromatic N) is 1. The highest BCUT2D eigenvalue weighted by Gasteiger charge is 2.33. The van der Waals surface area contributed by atoms with Crippen molar-refractivity contribution in [3.8, 4) is 5.75 Å². The molecule has 0 aromatic heterocycles. The van der Waals surface area contributed by atoms with Gasteiger partial charge in [0.25, 0.3) is 10.0 Å². The van der Waals surface area contributed by atoms with Gasteiger partial charge in [-0.25, -0.2) is 8.42 Å². The summed E-state index contributed by atoms with van der Waals surface area (Å²) in [5.74, 6) is 0.443. The normalized spacial score (nSPS) is 17.0. The van der Waals surface area contributed by atoms with E-state index in [1.165, 1.54) is 6.07 Å². The second kappa shape index (κ2) is 9.69. The Morgan fingerprint density at radius 3 is 2.18 bits per heavy atom. The molecule has 34 heavy (non-hydrogen) atoms. The maximum absolute atomic E-state index is 13.5. The number of carbonyl (C=O) groups is 1. The Labute approximate surface area is 199 Å². The summed E-state index contributed by atoms with van der Waals surface area (Å²) < 4.78 is 32.7. The third kappa shape index (κ3) is 4.82. The van der Waals surface area contributed by atoms with Gasteiger partial charge in [0.1, 0.15) is 17.6 Å². The highest BCUT2D eigenvalue weighted by atomic mass is 32.2. The van der Waals surface area contributed by atoms with E-state index in [-0.39, 0.29) is 22.6 Å². The van der Waals surface area contributed by atoms with E-state index in [2.05, 4.69) is 15.0 Å². The van der Waals surface area contributed by atoms with Crippen molar-refractivity contribution in [3.05, 3.63) is 95.6 Å². The number of fused-ring (bicyclic) bond motifs is 1. The fourth-order valence-electron chi connectivity index (χ4n) is 3.91. The Hall–Kier alpha value is -3.65. The topological polar surface area (TPSA) is 96.9 Å². The number of carbonyl (C=O) groups excluding carboxylic acids is 1. The summed E-state index contributed by atoms with van der Waals surface area (Å²) in [5, 5.41) is 3.12. The molecule has 0 saturated carbocycles. The molecule has 0 aliphatic carbocycles.